The maximum atomic E-state index is 13.1. The first-order valence-electron chi connectivity index (χ1n) is 7.25. The molecular formula is C14H19F2N3O3. The first-order chi connectivity index (χ1) is 10.1. The molecule has 1 amide bonds. The minimum atomic E-state index is -2.70. The average molecular weight is 315 g/mol. The van der Waals surface area contributed by atoms with Crippen molar-refractivity contribution in [1.82, 2.24) is 10.2 Å². The third kappa shape index (κ3) is 3.71. The fourth-order valence-electron chi connectivity index (χ4n) is 3.00. The number of nitriles is 1. The lowest BCUT2D eigenvalue weighted by Crippen LogP contribution is -2.48. The normalized spacial score (nSPS) is 31.6. The highest BCUT2D eigenvalue weighted by molar-refractivity contribution is 6.38. The van der Waals surface area contributed by atoms with Crippen LogP contribution in [0, 0.1) is 11.5 Å². The number of likely N-dealkylation sites (tertiary alicyclic amines) is 1. The van der Waals surface area contributed by atoms with Gasteiger partial charge in [0.2, 0.25) is 11.7 Å². The SMILES string of the molecule is C[C@@]1(O)CC(C(=O)C(=O)NC2CCC(F)(F)CC2)N(C#N)C1. The van der Waals surface area contributed by atoms with E-state index in [1.807, 2.05) is 0 Å². The van der Waals surface area contributed by atoms with Gasteiger partial charge in [-0.1, -0.05) is 0 Å². The smallest absolute Gasteiger partial charge is 0.289 e. The Bertz CT molecular complexity index is 506. The Morgan fingerprint density at radius 2 is 1.95 bits per heavy atom. The summed E-state index contributed by atoms with van der Waals surface area (Å²) in [5, 5.41) is 21.4. The topological polar surface area (TPSA) is 93.4 Å². The molecule has 2 fully saturated rings. The summed E-state index contributed by atoms with van der Waals surface area (Å²) in [4.78, 5) is 25.2. The van der Waals surface area contributed by atoms with Crippen LogP contribution >= 0.6 is 0 Å². The van der Waals surface area contributed by atoms with Gasteiger partial charge in [-0.15, -0.1) is 0 Å². The summed E-state index contributed by atoms with van der Waals surface area (Å²) in [6.45, 7) is 1.48. The van der Waals surface area contributed by atoms with E-state index in [0.717, 1.165) is 4.90 Å². The van der Waals surface area contributed by atoms with Crippen LogP contribution < -0.4 is 5.32 Å². The minimum absolute atomic E-state index is 0.00441. The maximum absolute atomic E-state index is 13.1. The van der Waals surface area contributed by atoms with E-state index < -0.39 is 35.3 Å². The number of rotatable bonds is 3. The quantitative estimate of drug-likeness (QED) is 0.586. The number of halogens is 2. The third-order valence-corrected chi connectivity index (χ3v) is 4.23. The molecule has 1 saturated carbocycles. The Hall–Kier alpha value is -1.75. The van der Waals surface area contributed by atoms with Gasteiger partial charge in [0.05, 0.1) is 12.1 Å². The second kappa shape index (κ2) is 5.80. The van der Waals surface area contributed by atoms with Crippen LogP contribution in [0.1, 0.15) is 39.0 Å². The lowest BCUT2D eigenvalue weighted by Gasteiger charge is -2.29. The van der Waals surface area contributed by atoms with Crippen LogP contribution in [0.4, 0.5) is 8.78 Å². The molecule has 6 nitrogen and oxygen atoms in total. The Morgan fingerprint density at radius 1 is 1.36 bits per heavy atom. The molecule has 0 radical (unpaired) electrons. The highest BCUT2D eigenvalue weighted by Gasteiger charge is 2.45. The van der Waals surface area contributed by atoms with Gasteiger partial charge in [0.1, 0.15) is 6.04 Å². The van der Waals surface area contributed by atoms with Crippen molar-refractivity contribution in [3.05, 3.63) is 0 Å². The molecule has 0 aromatic carbocycles. The van der Waals surface area contributed by atoms with Crippen LogP contribution in [-0.2, 0) is 9.59 Å². The van der Waals surface area contributed by atoms with Crippen molar-refractivity contribution in [2.24, 2.45) is 0 Å². The first kappa shape index (κ1) is 16.6. The number of amides is 1. The van der Waals surface area contributed by atoms with E-state index in [1.165, 1.54) is 6.92 Å². The number of β-amino-alcohol motifs (C(OH)–C–C–N with tert-alkyl or cyclic N) is 1. The van der Waals surface area contributed by atoms with E-state index >= 15 is 0 Å². The van der Waals surface area contributed by atoms with E-state index in [-0.39, 0.29) is 38.6 Å². The standard InChI is InChI=1S/C14H19F2N3O3/c1-13(22)6-10(19(7-13)8-17)11(20)12(21)18-9-2-4-14(15,16)5-3-9/h9-10,22H,2-7H2,1H3,(H,18,21)/t10?,13-/m1/s1. The highest BCUT2D eigenvalue weighted by Crippen LogP contribution is 2.33. The lowest BCUT2D eigenvalue weighted by atomic mass is 9.92. The molecule has 0 spiro atoms. The molecule has 0 bridgehead atoms. The zero-order valence-electron chi connectivity index (χ0n) is 12.3. The molecule has 122 valence electrons. The predicted octanol–water partition coefficient (Wildman–Crippen LogP) is 0.556. The van der Waals surface area contributed by atoms with Gasteiger partial charge >= 0.3 is 0 Å². The first-order valence-corrected chi connectivity index (χ1v) is 7.25. The highest BCUT2D eigenvalue weighted by atomic mass is 19.3. The molecule has 0 aromatic rings. The van der Waals surface area contributed by atoms with Crippen LogP contribution in [0.2, 0.25) is 0 Å². The van der Waals surface area contributed by atoms with Crippen molar-refractivity contribution < 1.29 is 23.5 Å². The summed E-state index contributed by atoms with van der Waals surface area (Å²) in [5.41, 5.74) is -1.21. The summed E-state index contributed by atoms with van der Waals surface area (Å²) in [6, 6.07) is -1.45. The summed E-state index contributed by atoms with van der Waals surface area (Å²) in [6.07, 6.45) is 1.41. The number of carbonyl (C=O) groups is 2. The second-order valence-corrected chi connectivity index (χ2v) is 6.41. The number of carbonyl (C=O) groups excluding carboxylic acids is 2. The Kier molecular flexibility index (Phi) is 4.38. The zero-order chi connectivity index (χ0) is 16.5. The molecule has 22 heavy (non-hydrogen) atoms. The predicted molar refractivity (Wildman–Crippen MR) is 71.7 cm³/mol. The fraction of sp³-hybridized carbons (Fsp3) is 0.786. The van der Waals surface area contributed by atoms with Crippen molar-refractivity contribution in [2.75, 3.05) is 6.54 Å². The number of nitrogens with one attached hydrogen (secondary N) is 1. The molecule has 2 N–H and O–H groups in total. The number of hydrogen-bond acceptors (Lipinski definition) is 5. The Morgan fingerprint density at radius 3 is 2.50 bits per heavy atom. The van der Waals surface area contributed by atoms with Crippen LogP contribution in [0.3, 0.4) is 0 Å². The van der Waals surface area contributed by atoms with Crippen molar-refractivity contribution in [2.45, 2.75) is 62.6 Å². The third-order valence-electron chi connectivity index (χ3n) is 4.23. The van der Waals surface area contributed by atoms with Crippen molar-refractivity contribution in [3.8, 4) is 6.19 Å². The number of alkyl halides is 2. The van der Waals surface area contributed by atoms with Gasteiger partial charge in [-0.05, 0) is 19.8 Å². The summed E-state index contributed by atoms with van der Waals surface area (Å²) >= 11 is 0. The van der Waals surface area contributed by atoms with E-state index in [4.69, 9.17) is 5.26 Å². The average Bonchev–Trinajstić information content (AvgIpc) is 2.75. The fourth-order valence-corrected chi connectivity index (χ4v) is 3.00. The monoisotopic (exact) mass is 315 g/mol. The maximum Gasteiger partial charge on any atom is 0.289 e. The van der Waals surface area contributed by atoms with Crippen LogP contribution in [0.25, 0.3) is 0 Å². The second-order valence-electron chi connectivity index (χ2n) is 6.41. The van der Waals surface area contributed by atoms with Gasteiger partial charge in [-0.3, -0.25) is 14.5 Å². The molecule has 1 aliphatic carbocycles. The Balaban J connectivity index is 1.93. The molecule has 8 heteroatoms. The number of nitrogens with zero attached hydrogens (tertiary/aromatic N) is 2. The van der Waals surface area contributed by atoms with Gasteiger partial charge in [-0.2, -0.15) is 5.26 Å². The number of ketones is 1. The summed E-state index contributed by atoms with van der Waals surface area (Å²) in [5.74, 6) is -4.39. The molecule has 1 heterocycles. The van der Waals surface area contributed by atoms with Gasteiger partial charge in [0, 0.05) is 25.3 Å². The van der Waals surface area contributed by atoms with Crippen molar-refractivity contribution >= 4 is 11.7 Å². The van der Waals surface area contributed by atoms with E-state index in [9.17, 15) is 23.5 Å². The van der Waals surface area contributed by atoms with Crippen LogP contribution in [0.5, 0.6) is 0 Å². The van der Waals surface area contributed by atoms with Gasteiger partial charge in [0.15, 0.2) is 6.19 Å². The molecule has 2 atom stereocenters. The molecule has 1 saturated heterocycles. The molecule has 2 rings (SSSR count). The zero-order valence-corrected chi connectivity index (χ0v) is 12.3. The van der Waals surface area contributed by atoms with Crippen LogP contribution in [-0.4, -0.2) is 51.8 Å². The minimum Gasteiger partial charge on any atom is -0.388 e. The van der Waals surface area contributed by atoms with E-state index in [2.05, 4.69) is 5.32 Å². The van der Waals surface area contributed by atoms with Crippen LogP contribution in [0.15, 0.2) is 0 Å². The van der Waals surface area contributed by atoms with Crippen molar-refractivity contribution in [3.63, 3.8) is 0 Å². The van der Waals surface area contributed by atoms with Gasteiger partial charge in [0.25, 0.3) is 5.91 Å². The Labute approximate surface area is 127 Å². The number of Topliss-reactive ketones (excluding diaryl/α,β-unsaturated/α-hetero) is 1. The van der Waals surface area contributed by atoms with Crippen molar-refractivity contribution in [1.29, 1.82) is 5.26 Å². The van der Waals surface area contributed by atoms with Gasteiger partial charge < -0.3 is 10.4 Å². The number of hydrogen-bond donors (Lipinski definition) is 2. The largest absolute Gasteiger partial charge is 0.388 e. The van der Waals surface area contributed by atoms with Gasteiger partial charge in [-0.25, -0.2) is 8.78 Å². The molecule has 1 unspecified atom stereocenters. The van der Waals surface area contributed by atoms with E-state index in [0.29, 0.717) is 0 Å². The number of aliphatic hydroxyl groups is 1. The molecule has 2 aliphatic rings. The van der Waals surface area contributed by atoms with E-state index in [1.54, 1.807) is 6.19 Å². The molecule has 0 aromatic heterocycles. The molecule has 1 aliphatic heterocycles. The summed E-state index contributed by atoms with van der Waals surface area (Å²) < 4.78 is 26.1. The lowest BCUT2D eigenvalue weighted by molar-refractivity contribution is -0.141. The molecular weight excluding hydrogens is 296 g/mol. The summed E-state index contributed by atoms with van der Waals surface area (Å²) in [7, 11) is 0.